The number of primary amides is 1. The Labute approximate surface area is 123 Å². The summed E-state index contributed by atoms with van der Waals surface area (Å²) in [7, 11) is 1.55. The Morgan fingerprint density at radius 2 is 2.24 bits per heavy atom. The minimum absolute atomic E-state index is 0.437. The fraction of sp³-hybridized carbons (Fsp3) is 0.267. The molecule has 0 atom stereocenters. The lowest BCUT2D eigenvalue weighted by molar-refractivity contribution is -0.114. The van der Waals surface area contributed by atoms with Crippen LogP contribution in [0.5, 0.6) is 5.88 Å². The number of nitrogens with two attached hydrogens (primary N) is 1. The van der Waals surface area contributed by atoms with Crippen LogP contribution in [-0.4, -0.2) is 27.6 Å². The highest BCUT2D eigenvalue weighted by atomic mass is 16.5. The number of pyridine rings is 1. The van der Waals surface area contributed by atoms with Crippen LogP contribution in [-0.2, 0) is 4.79 Å². The predicted molar refractivity (Wildman–Crippen MR) is 80.1 cm³/mol. The van der Waals surface area contributed by atoms with Gasteiger partial charge in [-0.3, -0.25) is 4.79 Å². The second-order valence-corrected chi connectivity index (χ2v) is 4.57. The predicted octanol–water partition coefficient (Wildman–Crippen LogP) is 1.86. The van der Waals surface area contributed by atoms with Crippen molar-refractivity contribution in [1.82, 2.24) is 14.5 Å². The molecule has 0 unspecified atom stereocenters. The summed E-state index contributed by atoms with van der Waals surface area (Å²) in [5.74, 6) is 0.0219. The molecule has 0 fully saturated rings. The van der Waals surface area contributed by atoms with E-state index in [4.69, 9.17) is 10.5 Å². The van der Waals surface area contributed by atoms with Crippen LogP contribution in [0, 0.1) is 6.92 Å². The van der Waals surface area contributed by atoms with E-state index in [1.807, 2.05) is 36.7 Å². The number of ether oxygens (including phenoxy) is 1. The van der Waals surface area contributed by atoms with Gasteiger partial charge in [-0.2, -0.15) is 0 Å². The number of carbonyl (C=O) groups excluding carboxylic acids is 1. The molecule has 6 heteroatoms. The van der Waals surface area contributed by atoms with E-state index in [1.165, 1.54) is 0 Å². The summed E-state index contributed by atoms with van der Waals surface area (Å²) in [4.78, 5) is 19.8. The minimum atomic E-state index is -0.437. The van der Waals surface area contributed by atoms with Gasteiger partial charge in [0.15, 0.2) is 0 Å². The SMILES string of the molecule is CC/C(=C\c1ccc(-n2cnc(C)c2)c(OC)n1)C(N)=O. The zero-order chi connectivity index (χ0) is 15.4. The van der Waals surface area contributed by atoms with Crippen molar-refractivity contribution in [1.29, 1.82) is 0 Å². The van der Waals surface area contributed by atoms with Crippen LogP contribution in [0.3, 0.4) is 0 Å². The van der Waals surface area contributed by atoms with E-state index in [0.29, 0.717) is 23.6 Å². The third-order valence-corrected chi connectivity index (χ3v) is 3.06. The number of aromatic nitrogens is 3. The van der Waals surface area contributed by atoms with Crippen LogP contribution in [0.2, 0.25) is 0 Å². The number of hydrogen-bond donors (Lipinski definition) is 1. The molecule has 0 radical (unpaired) electrons. The Bertz CT molecular complexity index is 689. The number of hydrogen-bond acceptors (Lipinski definition) is 4. The van der Waals surface area contributed by atoms with Crippen LogP contribution in [0.15, 0.2) is 30.2 Å². The summed E-state index contributed by atoms with van der Waals surface area (Å²) in [5.41, 5.74) is 8.15. The molecule has 0 aliphatic carbocycles. The molecular formula is C15H18N4O2. The molecule has 0 bridgehead atoms. The number of methoxy groups -OCH3 is 1. The Morgan fingerprint density at radius 1 is 1.48 bits per heavy atom. The first-order valence-corrected chi connectivity index (χ1v) is 6.61. The first-order valence-electron chi connectivity index (χ1n) is 6.61. The first kappa shape index (κ1) is 14.8. The van der Waals surface area contributed by atoms with Crippen LogP contribution < -0.4 is 10.5 Å². The maximum Gasteiger partial charge on any atom is 0.244 e. The lowest BCUT2D eigenvalue weighted by Gasteiger charge is -2.09. The van der Waals surface area contributed by atoms with Gasteiger partial charge in [0.25, 0.3) is 0 Å². The van der Waals surface area contributed by atoms with E-state index in [9.17, 15) is 4.79 Å². The number of carbonyl (C=O) groups is 1. The average molecular weight is 286 g/mol. The van der Waals surface area contributed by atoms with Crippen molar-refractivity contribution < 1.29 is 9.53 Å². The lowest BCUT2D eigenvalue weighted by Crippen LogP contribution is -2.13. The lowest BCUT2D eigenvalue weighted by atomic mass is 10.1. The number of imidazole rings is 1. The van der Waals surface area contributed by atoms with Gasteiger partial charge in [-0.05, 0) is 31.6 Å². The first-order chi connectivity index (χ1) is 10.0. The smallest absolute Gasteiger partial charge is 0.244 e. The summed E-state index contributed by atoms with van der Waals surface area (Å²) in [6, 6.07) is 3.68. The quantitative estimate of drug-likeness (QED) is 0.850. The molecule has 0 spiro atoms. The fourth-order valence-corrected chi connectivity index (χ4v) is 1.95. The van der Waals surface area contributed by atoms with E-state index in [-0.39, 0.29) is 0 Å². The molecule has 2 N–H and O–H groups in total. The molecule has 2 heterocycles. The number of amides is 1. The highest BCUT2D eigenvalue weighted by Gasteiger charge is 2.09. The molecule has 21 heavy (non-hydrogen) atoms. The van der Waals surface area contributed by atoms with Crippen molar-refractivity contribution in [2.45, 2.75) is 20.3 Å². The van der Waals surface area contributed by atoms with Crippen molar-refractivity contribution in [3.05, 3.63) is 41.6 Å². The van der Waals surface area contributed by atoms with E-state index in [0.717, 1.165) is 11.4 Å². The van der Waals surface area contributed by atoms with Gasteiger partial charge in [-0.25, -0.2) is 9.97 Å². The largest absolute Gasteiger partial charge is 0.479 e. The van der Waals surface area contributed by atoms with E-state index in [2.05, 4.69) is 9.97 Å². The van der Waals surface area contributed by atoms with Crippen LogP contribution in [0.25, 0.3) is 11.8 Å². The standard InChI is InChI=1S/C15H18N4O2/c1-4-11(14(16)20)7-12-5-6-13(15(18-12)21-3)19-8-10(2)17-9-19/h5-9H,4H2,1-3H3,(H2,16,20)/b11-7+. The van der Waals surface area contributed by atoms with E-state index < -0.39 is 5.91 Å². The van der Waals surface area contributed by atoms with E-state index >= 15 is 0 Å². The molecule has 110 valence electrons. The van der Waals surface area contributed by atoms with Gasteiger partial charge < -0.3 is 15.0 Å². The fourth-order valence-electron chi connectivity index (χ4n) is 1.95. The highest BCUT2D eigenvalue weighted by Crippen LogP contribution is 2.22. The maximum absolute atomic E-state index is 11.3. The second-order valence-electron chi connectivity index (χ2n) is 4.57. The van der Waals surface area contributed by atoms with Gasteiger partial charge in [0.05, 0.1) is 24.8 Å². The normalized spacial score (nSPS) is 11.5. The van der Waals surface area contributed by atoms with Gasteiger partial charge >= 0.3 is 0 Å². The Balaban J connectivity index is 2.43. The van der Waals surface area contributed by atoms with Crippen LogP contribution in [0.1, 0.15) is 24.7 Å². The van der Waals surface area contributed by atoms with Gasteiger partial charge in [0.1, 0.15) is 5.69 Å². The van der Waals surface area contributed by atoms with Gasteiger partial charge in [0.2, 0.25) is 11.8 Å². The van der Waals surface area contributed by atoms with E-state index in [1.54, 1.807) is 19.5 Å². The zero-order valence-corrected chi connectivity index (χ0v) is 12.3. The third-order valence-electron chi connectivity index (χ3n) is 3.06. The van der Waals surface area contributed by atoms with Crippen molar-refractivity contribution >= 4 is 12.0 Å². The summed E-state index contributed by atoms with van der Waals surface area (Å²) in [6.45, 7) is 3.78. The van der Waals surface area contributed by atoms with Crippen molar-refractivity contribution in [3.8, 4) is 11.6 Å². The van der Waals surface area contributed by atoms with Gasteiger partial charge in [-0.15, -0.1) is 0 Å². The molecule has 0 aliphatic heterocycles. The topological polar surface area (TPSA) is 83.0 Å². The maximum atomic E-state index is 11.3. The van der Waals surface area contributed by atoms with Gasteiger partial charge in [0, 0.05) is 11.8 Å². The number of nitrogens with zero attached hydrogens (tertiary/aromatic N) is 3. The molecule has 2 aromatic rings. The Morgan fingerprint density at radius 3 is 2.76 bits per heavy atom. The minimum Gasteiger partial charge on any atom is -0.479 e. The zero-order valence-electron chi connectivity index (χ0n) is 12.3. The number of rotatable bonds is 5. The molecular weight excluding hydrogens is 268 g/mol. The van der Waals surface area contributed by atoms with Crippen LogP contribution >= 0.6 is 0 Å². The monoisotopic (exact) mass is 286 g/mol. The third kappa shape index (κ3) is 3.28. The molecule has 0 aliphatic rings. The molecule has 0 saturated heterocycles. The van der Waals surface area contributed by atoms with Crippen molar-refractivity contribution in [2.24, 2.45) is 5.73 Å². The average Bonchev–Trinajstić information content (AvgIpc) is 2.90. The summed E-state index contributed by atoms with van der Waals surface area (Å²) in [6.07, 6.45) is 5.82. The summed E-state index contributed by atoms with van der Waals surface area (Å²) >= 11 is 0. The van der Waals surface area contributed by atoms with Crippen molar-refractivity contribution in [3.63, 3.8) is 0 Å². The number of aryl methyl sites for hydroxylation is 1. The summed E-state index contributed by atoms with van der Waals surface area (Å²) < 4.78 is 7.16. The highest BCUT2D eigenvalue weighted by molar-refractivity contribution is 5.96. The second kappa shape index (κ2) is 6.21. The molecule has 0 saturated carbocycles. The van der Waals surface area contributed by atoms with Crippen LogP contribution in [0.4, 0.5) is 0 Å². The van der Waals surface area contributed by atoms with Gasteiger partial charge in [-0.1, -0.05) is 6.92 Å². The Hall–Kier alpha value is -2.63. The molecule has 2 rings (SSSR count). The summed E-state index contributed by atoms with van der Waals surface area (Å²) in [5, 5.41) is 0. The Kier molecular flexibility index (Phi) is 4.37. The molecule has 6 nitrogen and oxygen atoms in total. The molecule has 2 aromatic heterocycles. The molecule has 0 aromatic carbocycles. The van der Waals surface area contributed by atoms with Crippen molar-refractivity contribution in [2.75, 3.05) is 7.11 Å². The molecule has 1 amide bonds.